The highest BCUT2D eigenvalue weighted by Gasteiger charge is 2.16. The van der Waals surface area contributed by atoms with Gasteiger partial charge in [-0.25, -0.2) is 0 Å². The zero-order valence-corrected chi connectivity index (χ0v) is 33.4. The van der Waals surface area contributed by atoms with Gasteiger partial charge in [0.05, 0.1) is 25.0 Å². The Morgan fingerprint density at radius 2 is 0.878 bits per heavy atom. The third-order valence-corrected chi connectivity index (χ3v) is 10.7. The molecule has 0 aromatic rings. The van der Waals surface area contributed by atoms with E-state index < -0.39 is 0 Å². The number of nitrogens with zero attached hydrogens (tertiary/aromatic N) is 2. The summed E-state index contributed by atoms with van der Waals surface area (Å²) in [7, 11) is 0. The maximum atomic E-state index is 12.4. The number of unbranched alkanes of at least 4 members (excludes halogenated alkanes) is 18. The molecule has 0 saturated carbocycles. The third-order valence-electron chi connectivity index (χ3n) is 10.7. The summed E-state index contributed by atoms with van der Waals surface area (Å²) in [6, 6.07) is 0. The second-order valence-electron chi connectivity index (χ2n) is 15.5. The number of carbonyl (C=O) groups is 2. The SMILES string of the molecule is CCCCCCCCCOC(=O)C(C)CCCCCCN(CCCCCCC(C)C(=O)OCCCCCCCCC)CCCN1CCCC1. The van der Waals surface area contributed by atoms with Gasteiger partial charge in [0.2, 0.25) is 0 Å². The molecule has 290 valence electrons. The molecule has 6 heteroatoms. The number of hydrogen-bond donors (Lipinski definition) is 0. The molecule has 0 bridgehead atoms. The van der Waals surface area contributed by atoms with Crippen molar-refractivity contribution in [2.45, 2.75) is 201 Å². The van der Waals surface area contributed by atoms with Crippen molar-refractivity contribution in [1.82, 2.24) is 9.80 Å². The topological polar surface area (TPSA) is 59.1 Å². The molecule has 1 saturated heterocycles. The number of likely N-dealkylation sites (tertiary alicyclic amines) is 1. The fourth-order valence-corrected chi connectivity index (χ4v) is 7.12. The van der Waals surface area contributed by atoms with Gasteiger partial charge in [0.15, 0.2) is 0 Å². The van der Waals surface area contributed by atoms with E-state index in [4.69, 9.17) is 9.47 Å². The Morgan fingerprint density at radius 3 is 1.33 bits per heavy atom. The van der Waals surface area contributed by atoms with Crippen LogP contribution in [-0.4, -0.2) is 74.2 Å². The summed E-state index contributed by atoms with van der Waals surface area (Å²) < 4.78 is 11.1. The van der Waals surface area contributed by atoms with Crippen LogP contribution < -0.4 is 0 Å². The Bertz CT molecular complexity index is 691. The van der Waals surface area contributed by atoms with Gasteiger partial charge in [-0.2, -0.15) is 0 Å². The van der Waals surface area contributed by atoms with E-state index in [2.05, 4.69) is 23.6 Å². The first-order valence-electron chi connectivity index (χ1n) is 21.8. The van der Waals surface area contributed by atoms with Crippen LogP contribution >= 0.6 is 0 Å². The lowest BCUT2D eigenvalue weighted by Crippen LogP contribution is -2.30. The van der Waals surface area contributed by atoms with Crippen molar-refractivity contribution in [1.29, 1.82) is 0 Å². The molecule has 6 nitrogen and oxygen atoms in total. The molecule has 0 radical (unpaired) electrons. The fraction of sp³-hybridized carbons (Fsp3) is 0.953. The van der Waals surface area contributed by atoms with Gasteiger partial charge >= 0.3 is 11.9 Å². The lowest BCUT2D eigenvalue weighted by Gasteiger charge is -2.24. The number of rotatable bonds is 36. The summed E-state index contributed by atoms with van der Waals surface area (Å²) in [6.45, 7) is 17.2. The Balaban J connectivity index is 2.15. The second kappa shape index (κ2) is 34.0. The zero-order valence-electron chi connectivity index (χ0n) is 33.4. The minimum Gasteiger partial charge on any atom is -0.465 e. The number of hydrogen-bond acceptors (Lipinski definition) is 6. The maximum absolute atomic E-state index is 12.4. The van der Waals surface area contributed by atoms with E-state index in [1.165, 1.54) is 174 Å². The van der Waals surface area contributed by atoms with Crippen LogP contribution in [0.15, 0.2) is 0 Å². The van der Waals surface area contributed by atoms with Crippen LogP contribution in [0.5, 0.6) is 0 Å². The Labute approximate surface area is 305 Å². The molecule has 2 unspecified atom stereocenters. The summed E-state index contributed by atoms with van der Waals surface area (Å²) in [6.07, 6.45) is 33.0. The van der Waals surface area contributed by atoms with Crippen molar-refractivity contribution < 1.29 is 19.1 Å². The Hall–Kier alpha value is -1.14. The third kappa shape index (κ3) is 28.2. The molecule has 1 rings (SSSR count). The predicted molar refractivity (Wildman–Crippen MR) is 209 cm³/mol. The van der Waals surface area contributed by atoms with Crippen LogP contribution in [-0.2, 0) is 19.1 Å². The van der Waals surface area contributed by atoms with E-state index in [1.54, 1.807) is 0 Å². The first-order valence-corrected chi connectivity index (χ1v) is 21.8. The van der Waals surface area contributed by atoms with Gasteiger partial charge in [0, 0.05) is 0 Å². The van der Waals surface area contributed by atoms with Gasteiger partial charge in [-0.05, 0) is 97.1 Å². The minimum atomic E-state index is 0.00310. The van der Waals surface area contributed by atoms with Gasteiger partial charge in [-0.1, -0.05) is 143 Å². The molecule has 1 fully saturated rings. The Morgan fingerprint density at radius 1 is 0.510 bits per heavy atom. The van der Waals surface area contributed by atoms with E-state index in [-0.39, 0.29) is 23.8 Å². The van der Waals surface area contributed by atoms with Gasteiger partial charge < -0.3 is 19.3 Å². The van der Waals surface area contributed by atoms with Crippen molar-refractivity contribution >= 4 is 11.9 Å². The molecule has 0 aliphatic carbocycles. The lowest BCUT2D eigenvalue weighted by atomic mass is 10.0. The smallest absolute Gasteiger partial charge is 0.308 e. The summed E-state index contributed by atoms with van der Waals surface area (Å²) in [5.41, 5.74) is 0. The molecule has 49 heavy (non-hydrogen) atoms. The van der Waals surface area contributed by atoms with Crippen LogP contribution in [0.3, 0.4) is 0 Å². The van der Waals surface area contributed by atoms with E-state index in [0.717, 1.165) is 38.5 Å². The molecule has 0 N–H and O–H groups in total. The molecule has 0 aromatic heterocycles. The quantitative estimate of drug-likeness (QED) is 0.0481. The van der Waals surface area contributed by atoms with Crippen LogP contribution in [0, 0.1) is 11.8 Å². The van der Waals surface area contributed by atoms with E-state index in [0.29, 0.717) is 13.2 Å². The van der Waals surface area contributed by atoms with Crippen molar-refractivity contribution in [2.75, 3.05) is 52.5 Å². The number of esters is 2. The monoisotopic (exact) mass is 693 g/mol. The van der Waals surface area contributed by atoms with Crippen LogP contribution in [0.1, 0.15) is 201 Å². The highest BCUT2D eigenvalue weighted by molar-refractivity contribution is 5.72. The van der Waals surface area contributed by atoms with Gasteiger partial charge in [-0.3, -0.25) is 9.59 Å². The maximum Gasteiger partial charge on any atom is 0.308 e. The number of ether oxygens (including phenoxy) is 2. The molecule has 0 amide bonds. The average molecular weight is 693 g/mol. The molecule has 0 aromatic carbocycles. The van der Waals surface area contributed by atoms with Crippen molar-refractivity contribution in [3.05, 3.63) is 0 Å². The summed E-state index contributed by atoms with van der Waals surface area (Å²) >= 11 is 0. The molecule has 1 heterocycles. The first kappa shape index (κ1) is 45.9. The van der Waals surface area contributed by atoms with Gasteiger partial charge in [-0.15, -0.1) is 0 Å². The van der Waals surface area contributed by atoms with E-state index in [1.807, 2.05) is 13.8 Å². The molecular formula is C43H84N2O4. The van der Waals surface area contributed by atoms with Crippen LogP contribution in [0.2, 0.25) is 0 Å². The normalized spacial score (nSPS) is 14.8. The molecule has 1 aliphatic rings. The molecule has 1 aliphatic heterocycles. The van der Waals surface area contributed by atoms with Crippen molar-refractivity contribution in [2.24, 2.45) is 11.8 Å². The highest BCUT2D eigenvalue weighted by atomic mass is 16.5. The minimum absolute atomic E-state index is 0.00310. The van der Waals surface area contributed by atoms with E-state index in [9.17, 15) is 9.59 Å². The fourth-order valence-electron chi connectivity index (χ4n) is 7.12. The largest absolute Gasteiger partial charge is 0.465 e. The van der Waals surface area contributed by atoms with Crippen molar-refractivity contribution in [3.8, 4) is 0 Å². The number of carbonyl (C=O) groups excluding carboxylic acids is 2. The molecular weight excluding hydrogens is 608 g/mol. The summed E-state index contributed by atoms with van der Waals surface area (Å²) in [4.78, 5) is 30.1. The lowest BCUT2D eigenvalue weighted by molar-refractivity contribution is -0.149. The average Bonchev–Trinajstić information content (AvgIpc) is 3.63. The molecule has 2 atom stereocenters. The second-order valence-corrected chi connectivity index (χ2v) is 15.5. The Kier molecular flexibility index (Phi) is 31.8. The summed E-state index contributed by atoms with van der Waals surface area (Å²) in [5.74, 6) is 0.0528. The van der Waals surface area contributed by atoms with Crippen LogP contribution in [0.25, 0.3) is 0 Å². The summed E-state index contributed by atoms with van der Waals surface area (Å²) in [5, 5.41) is 0. The first-order chi connectivity index (χ1) is 24.0. The predicted octanol–water partition coefficient (Wildman–Crippen LogP) is 11.5. The van der Waals surface area contributed by atoms with E-state index >= 15 is 0 Å². The zero-order chi connectivity index (χ0) is 35.6. The molecule has 0 spiro atoms. The van der Waals surface area contributed by atoms with Gasteiger partial charge in [0.25, 0.3) is 0 Å². The van der Waals surface area contributed by atoms with Crippen molar-refractivity contribution in [3.63, 3.8) is 0 Å². The highest BCUT2D eigenvalue weighted by Crippen LogP contribution is 2.16. The standard InChI is InChI=1S/C43H84N2O4/c1-5-7-9-11-13-19-27-38-48-42(46)40(3)30-21-15-17-23-32-44(36-29-37-45-34-25-26-35-45)33-24-18-16-22-31-41(4)43(47)49-39-28-20-14-12-10-8-6-2/h40-41H,5-39H2,1-4H3. The van der Waals surface area contributed by atoms with Crippen LogP contribution in [0.4, 0.5) is 0 Å². The van der Waals surface area contributed by atoms with Gasteiger partial charge in [0.1, 0.15) is 0 Å².